The maximum Gasteiger partial charge on any atom is 0.0453 e. The first-order chi connectivity index (χ1) is 13.2. The largest absolute Gasteiger partial charge is 0.261 e. The van der Waals surface area contributed by atoms with Gasteiger partial charge in [0, 0.05) is 18.3 Å². The van der Waals surface area contributed by atoms with Crippen LogP contribution in [-0.2, 0) is 12.8 Å². The zero-order valence-electron chi connectivity index (χ0n) is 16.7. The lowest BCUT2D eigenvalue weighted by atomic mass is 9.80. The second-order valence-corrected chi connectivity index (χ2v) is 8.74. The highest BCUT2D eigenvalue weighted by molar-refractivity contribution is 5.72. The molecule has 140 valence electrons. The molecule has 27 heavy (non-hydrogen) atoms. The second kappa shape index (κ2) is 8.25. The van der Waals surface area contributed by atoms with E-state index >= 15 is 0 Å². The number of nitrogens with zero attached hydrogens (tertiary/aromatic N) is 1. The molecular weight excluding hydrogens is 326 g/mol. The number of pyridine rings is 1. The normalized spacial score (nSPS) is 22.4. The summed E-state index contributed by atoms with van der Waals surface area (Å²) in [6, 6.07) is 13.6. The monoisotopic (exact) mass is 357 g/mol. The summed E-state index contributed by atoms with van der Waals surface area (Å²) in [5, 5.41) is 0. The van der Waals surface area contributed by atoms with E-state index in [9.17, 15) is 0 Å². The van der Waals surface area contributed by atoms with E-state index < -0.39 is 0 Å². The predicted octanol–water partition coefficient (Wildman–Crippen LogP) is 6.77. The molecule has 0 radical (unpaired) electrons. The molecule has 0 N–H and O–H groups in total. The molecule has 0 amide bonds. The smallest absolute Gasteiger partial charge is 0.0453 e. The van der Waals surface area contributed by atoms with E-state index in [1.165, 1.54) is 65.6 Å². The first-order valence-corrected chi connectivity index (χ1v) is 10.5. The van der Waals surface area contributed by atoms with Crippen molar-refractivity contribution in [2.24, 2.45) is 11.8 Å². The molecule has 2 aliphatic rings. The predicted molar refractivity (Wildman–Crippen MR) is 115 cm³/mol. The number of hydrogen-bond donors (Lipinski definition) is 0. The Morgan fingerprint density at radius 1 is 0.963 bits per heavy atom. The summed E-state index contributed by atoms with van der Waals surface area (Å²) < 4.78 is 0. The van der Waals surface area contributed by atoms with Crippen molar-refractivity contribution in [3.8, 4) is 0 Å². The van der Waals surface area contributed by atoms with Crippen molar-refractivity contribution in [3.05, 3.63) is 82.7 Å². The lowest BCUT2D eigenvalue weighted by Crippen LogP contribution is -2.14. The fourth-order valence-corrected chi connectivity index (χ4v) is 4.58. The van der Waals surface area contributed by atoms with Crippen LogP contribution in [0.25, 0.3) is 5.57 Å². The number of rotatable bonds is 5. The number of benzene rings is 1. The van der Waals surface area contributed by atoms with Gasteiger partial charge in [-0.2, -0.15) is 0 Å². The molecule has 0 aliphatic heterocycles. The molecule has 1 nitrogen and oxygen atoms in total. The molecule has 0 bridgehead atoms. The Kier molecular flexibility index (Phi) is 5.57. The highest BCUT2D eigenvalue weighted by Crippen LogP contribution is 2.31. The van der Waals surface area contributed by atoms with Gasteiger partial charge in [0.05, 0.1) is 0 Å². The van der Waals surface area contributed by atoms with Crippen molar-refractivity contribution < 1.29 is 0 Å². The van der Waals surface area contributed by atoms with Gasteiger partial charge < -0.3 is 0 Å². The van der Waals surface area contributed by atoms with Gasteiger partial charge in [-0.1, -0.05) is 61.8 Å². The van der Waals surface area contributed by atoms with Crippen molar-refractivity contribution in [3.63, 3.8) is 0 Å². The summed E-state index contributed by atoms with van der Waals surface area (Å²) in [5.41, 5.74) is 8.23. The van der Waals surface area contributed by atoms with Gasteiger partial charge in [-0.05, 0) is 78.8 Å². The second-order valence-electron chi connectivity index (χ2n) is 8.74. The van der Waals surface area contributed by atoms with E-state index in [4.69, 9.17) is 0 Å². The van der Waals surface area contributed by atoms with Gasteiger partial charge >= 0.3 is 0 Å². The van der Waals surface area contributed by atoms with Gasteiger partial charge in [-0.3, -0.25) is 4.98 Å². The van der Waals surface area contributed by atoms with Crippen LogP contribution >= 0.6 is 0 Å². The molecule has 0 spiro atoms. The van der Waals surface area contributed by atoms with Gasteiger partial charge in [-0.15, -0.1) is 0 Å². The van der Waals surface area contributed by atoms with Crippen LogP contribution in [0.3, 0.4) is 0 Å². The first-order valence-electron chi connectivity index (χ1n) is 10.5. The third-order valence-electron chi connectivity index (χ3n) is 6.26. The van der Waals surface area contributed by atoms with Gasteiger partial charge in [0.2, 0.25) is 0 Å². The van der Waals surface area contributed by atoms with Crippen molar-refractivity contribution in [2.75, 3.05) is 0 Å². The SMILES string of the molecule is CC1=CC=C(c2ccnc(Cc3cccc(CC4CCC(C)CC4)c3)c2)C1. The minimum absolute atomic E-state index is 0.878. The van der Waals surface area contributed by atoms with Gasteiger partial charge in [0.15, 0.2) is 0 Å². The van der Waals surface area contributed by atoms with Crippen molar-refractivity contribution in [1.82, 2.24) is 4.98 Å². The average Bonchev–Trinajstić information content (AvgIpc) is 3.11. The van der Waals surface area contributed by atoms with Crippen molar-refractivity contribution in [1.29, 1.82) is 0 Å². The Hall–Kier alpha value is -2.15. The van der Waals surface area contributed by atoms with Crippen LogP contribution in [0.2, 0.25) is 0 Å². The third-order valence-corrected chi connectivity index (χ3v) is 6.26. The quantitative estimate of drug-likeness (QED) is 0.575. The van der Waals surface area contributed by atoms with Gasteiger partial charge in [-0.25, -0.2) is 0 Å². The molecule has 2 aromatic rings. The topological polar surface area (TPSA) is 12.9 Å². The van der Waals surface area contributed by atoms with E-state index in [-0.39, 0.29) is 0 Å². The molecule has 4 rings (SSSR count). The number of aromatic nitrogens is 1. The minimum Gasteiger partial charge on any atom is -0.261 e. The van der Waals surface area contributed by atoms with E-state index in [1.54, 1.807) is 0 Å². The number of allylic oxidation sites excluding steroid dienone is 4. The molecule has 0 saturated heterocycles. The van der Waals surface area contributed by atoms with Gasteiger partial charge in [0.1, 0.15) is 0 Å². The first kappa shape index (κ1) is 18.2. The van der Waals surface area contributed by atoms with E-state index in [1.807, 2.05) is 6.20 Å². The summed E-state index contributed by atoms with van der Waals surface area (Å²) >= 11 is 0. The zero-order valence-corrected chi connectivity index (χ0v) is 16.7. The fourth-order valence-electron chi connectivity index (χ4n) is 4.58. The Morgan fingerprint density at radius 2 is 1.78 bits per heavy atom. The van der Waals surface area contributed by atoms with E-state index in [0.29, 0.717) is 0 Å². The van der Waals surface area contributed by atoms with Crippen LogP contribution in [0, 0.1) is 11.8 Å². The molecule has 1 aromatic heterocycles. The van der Waals surface area contributed by atoms with Gasteiger partial charge in [0.25, 0.3) is 0 Å². The maximum absolute atomic E-state index is 4.63. The highest BCUT2D eigenvalue weighted by atomic mass is 14.7. The Labute approximate surface area is 164 Å². The summed E-state index contributed by atoms with van der Waals surface area (Å²) in [4.78, 5) is 4.63. The van der Waals surface area contributed by atoms with E-state index in [2.05, 4.69) is 67.4 Å². The molecular formula is C26H31N. The minimum atomic E-state index is 0.878. The molecule has 0 unspecified atom stereocenters. The zero-order chi connectivity index (χ0) is 18.6. The summed E-state index contributed by atoms with van der Waals surface area (Å²) in [5.74, 6) is 1.81. The molecule has 1 aromatic carbocycles. The fraction of sp³-hybridized carbons (Fsp3) is 0.423. The molecule has 2 aliphatic carbocycles. The van der Waals surface area contributed by atoms with Crippen molar-refractivity contribution in [2.45, 2.75) is 58.8 Å². The molecule has 1 saturated carbocycles. The van der Waals surface area contributed by atoms with E-state index in [0.717, 1.165) is 24.7 Å². The molecule has 1 heteroatoms. The van der Waals surface area contributed by atoms with Crippen LogP contribution in [0.1, 0.15) is 68.3 Å². The lowest BCUT2D eigenvalue weighted by Gasteiger charge is -2.26. The molecule has 0 atom stereocenters. The third kappa shape index (κ3) is 4.77. The molecule has 1 heterocycles. The van der Waals surface area contributed by atoms with Crippen molar-refractivity contribution >= 4 is 5.57 Å². The average molecular weight is 358 g/mol. The lowest BCUT2D eigenvalue weighted by molar-refractivity contribution is 0.289. The van der Waals surface area contributed by atoms with Crippen LogP contribution < -0.4 is 0 Å². The standard InChI is InChI=1S/C26H31N/c1-19-6-9-21(10-7-19)15-22-4-3-5-23(16-22)17-26-18-25(12-13-27-26)24-11-8-20(2)14-24/h3-5,8,11-13,16,18-19,21H,6-7,9-10,14-15,17H2,1-2H3. The Morgan fingerprint density at radius 3 is 2.56 bits per heavy atom. The number of hydrogen-bond acceptors (Lipinski definition) is 1. The summed E-state index contributed by atoms with van der Waals surface area (Å²) in [6.07, 6.45) is 15.3. The van der Waals surface area contributed by atoms with Crippen LogP contribution in [-0.4, -0.2) is 4.98 Å². The summed E-state index contributed by atoms with van der Waals surface area (Å²) in [6.45, 7) is 4.60. The van der Waals surface area contributed by atoms with Crippen LogP contribution in [0.5, 0.6) is 0 Å². The Bertz CT molecular complexity index is 850. The Balaban J connectivity index is 1.42. The van der Waals surface area contributed by atoms with Crippen LogP contribution in [0.15, 0.2) is 60.3 Å². The summed E-state index contributed by atoms with van der Waals surface area (Å²) in [7, 11) is 0. The maximum atomic E-state index is 4.63. The molecule has 1 fully saturated rings. The van der Waals surface area contributed by atoms with Crippen LogP contribution in [0.4, 0.5) is 0 Å². The highest BCUT2D eigenvalue weighted by Gasteiger charge is 2.18.